The number of hydrogen-bond donors (Lipinski definition) is 1. The third-order valence-electron chi connectivity index (χ3n) is 2.87. The summed E-state index contributed by atoms with van der Waals surface area (Å²) in [6.45, 7) is 6.33. The summed E-state index contributed by atoms with van der Waals surface area (Å²) >= 11 is 0. The Morgan fingerprint density at radius 1 is 1.30 bits per heavy atom. The van der Waals surface area contributed by atoms with Crippen molar-refractivity contribution in [1.29, 1.82) is 0 Å². The molecule has 0 bridgehead atoms. The topological polar surface area (TPSA) is 12.0 Å². The Morgan fingerprint density at radius 3 is 2.45 bits per heavy atom. The van der Waals surface area contributed by atoms with E-state index >= 15 is 0 Å². The second kappa shape index (κ2) is 6.88. The van der Waals surface area contributed by atoms with Crippen molar-refractivity contribution in [2.45, 2.75) is 39.4 Å². The standard InChI is InChI=1S/C15H19F4N/c1-4-11(9-20-10(2)3)7-12-5-6-13(16)8-14(12)15(17,18)19/h5-8,10,20H,4,9H2,1-3H3/b11-7-. The van der Waals surface area contributed by atoms with E-state index < -0.39 is 17.6 Å². The monoisotopic (exact) mass is 289 g/mol. The number of hydrogen-bond acceptors (Lipinski definition) is 1. The summed E-state index contributed by atoms with van der Waals surface area (Å²) in [6, 6.07) is 3.00. The first kappa shape index (κ1) is 16.7. The maximum atomic E-state index is 13.0. The predicted molar refractivity (Wildman–Crippen MR) is 72.8 cm³/mol. The van der Waals surface area contributed by atoms with Crippen LogP contribution in [0.25, 0.3) is 6.08 Å². The number of nitrogens with one attached hydrogen (secondary N) is 1. The van der Waals surface area contributed by atoms with Crippen molar-refractivity contribution in [2.75, 3.05) is 6.54 Å². The molecule has 1 N–H and O–H groups in total. The first-order valence-electron chi connectivity index (χ1n) is 6.53. The largest absolute Gasteiger partial charge is 0.417 e. The molecule has 1 aromatic carbocycles. The molecule has 0 aliphatic rings. The fraction of sp³-hybridized carbons (Fsp3) is 0.467. The molecular weight excluding hydrogens is 270 g/mol. The van der Waals surface area contributed by atoms with Crippen LogP contribution in [0, 0.1) is 5.82 Å². The summed E-state index contributed by atoms with van der Waals surface area (Å²) in [4.78, 5) is 0. The Hall–Kier alpha value is -1.36. The molecule has 0 amide bonds. The van der Waals surface area contributed by atoms with Crippen LogP contribution in [0.5, 0.6) is 0 Å². The van der Waals surface area contributed by atoms with E-state index in [1.807, 2.05) is 20.8 Å². The van der Waals surface area contributed by atoms with Crippen LogP contribution in [0.15, 0.2) is 23.8 Å². The number of benzene rings is 1. The van der Waals surface area contributed by atoms with Crippen molar-refractivity contribution >= 4 is 6.08 Å². The van der Waals surface area contributed by atoms with E-state index in [4.69, 9.17) is 0 Å². The fourth-order valence-corrected chi connectivity index (χ4v) is 1.73. The molecule has 112 valence electrons. The van der Waals surface area contributed by atoms with Crippen LogP contribution in [0.3, 0.4) is 0 Å². The van der Waals surface area contributed by atoms with E-state index in [1.54, 1.807) is 0 Å². The van der Waals surface area contributed by atoms with E-state index in [0.717, 1.165) is 11.6 Å². The zero-order chi connectivity index (χ0) is 15.3. The minimum atomic E-state index is -4.56. The molecule has 0 aliphatic heterocycles. The van der Waals surface area contributed by atoms with Crippen molar-refractivity contribution in [3.05, 3.63) is 40.7 Å². The number of alkyl halides is 3. The molecule has 0 aromatic heterocycles. The van der Waals surface area contributed by atoms with Crippen molar-refractivity contribution in [1.82, 2.24) is 5.32 Å². The summed E-state index contributed by atoms with van der Waals surface area (Å²) in [6.07, 6.45) is -2.44. The summed E-state index contributed by atoms with van der Waals surface area (Å²) in [7, 11) is 0. The first-order chi connectivity index (χ1) is 9.24. The lowest BCUT2D eigenvalue weighted by Gasteiger charge is -2.13. The Morgan fingerprint density at radius 2 is 1.95 bits per heavy atom. The van der Waals surface area contributed by atoms with Crippen LogP contribution in [-0.4, -0.2) is 12.6 Å². The second-order valence-corrected chi connectivity index (χ2v) is 4.92. The van der Waals surface area contributed by atoms with Gasteiger partial charge in [-0.15, -0.1) is 0 Å². The lowest BCUT2D eigenvalue weighted by Crippen LogP contribution is -2.24. The molecule has 0 saturated carbocycles. The maximum Gasteiger partial charge on any atom is 0.417 e. The smallest absolute Gasteiger partial charge is 0.311 e. The van der Waals surface area contributed by atoms with Gasteiger partial charge in [-0.05, 0) is 24.1 Å². The van der Waals surface area contributed by atoms with Crippen LogP contribution in [0.2, 0.25) is 0 Å². The van der Waals surface area contributed by atoms with Gasteiger partial charge in [-0.3, -0.25) is 0 Å². The molecular formula is C15H19F4N. The van der Waals surface area contributed by atoms with E-state index in [-0.39, 0.29) is 11.6 Å². The summed E-state index contributed by atoms with van der Waals surface area (Å²) in [5.41, 5.74) is -0.0925. The highest BCUT2D eigenvalue weighted by Crippen LogP contribution is 2.33. The third-order valence-corrected chi connectivity index (χ3v) is 2.87. The van der Waals surface area contributed by atoms with Gasteiger partial charge in [0.15, 0.2) is 0 Å². The lowest BCUT2D eigenvalue weighted by molar-refractivity contribution is -0.137. The van der Waals surface area contributed by atoms with Crippen LogP contribution >= 0.6 is 0 Å². The van der Waals surface area contributed by atoms with Gasteiger partial charge in [0.05, 0.1) is 5.56 Å². The van der Waals surface area contributed by atoms with Gasteiger partial charge in [-0.1, -0.05) is 38.5 Å². The van der Waals surface area contributed by atoms with E-state index in [9.17, 15) is 17.6 Å². The molecule has 0 aliphatic carbocycles. The van der Waals surface area contributed by atoms with Crippen molar-refractivity contribution in [3.8, 4) is 0 Å². The van der Waals surface area contributed by atoms with Gasteiger partial charge in [0.2, 0.25) is 0 Å². The molecule has 0 atom stereocenters. The highest BCUT2D eigenvalue weighted by molar-refractivity contribution is 5.58. The third kappa shape index (κ3) is 4.96. The molecule has 0 fully saturated rings. The second-order valence-electron chi connectivity index (χ2n) is 4.92. The van der Waals surface area contributed by atoms with Gasteiger partial charge in [0, 0.05) is 12.6 Å². The van der Waals surface area contributed by atoms with E-state index in [2.05, 4.69) is 5.32 Å². The summed E-state index contributed by atoms with van der Waals surface area (Å²) in [5, 5.41) is 3.16. The minimum Gasteiger partial charge on any atom is -0.311 e. The molecule has 1 nitrogen and oxygen atoms in total. The molecule has 0 heterocycles. The van der Waals surface area contributed by atoms with Gasteiger partial charge < -0.3 is 5.32 Å². The van der Waals surface area contributed by atoms with Gasteiger partial charge in [-0.2, -0.15) is 13.2 Å². The number of rotatable bonds is 5. The van der Waals surface area contributed by atoms with Crippen molar-refractivity contribution < 1.29 is 17.6 Å². The summed E-state index contributed by atoms with van der Waals surface area (Å²) in [5.74, 6) is -0.882. The maximum absolute atomic E-state index is 13.0. The molecule has 5 heteroatoms. The molecule has 20 heavy (non-hydrogen) atoms. The van der Waals surface area contributed by atoms with E-state index in [0.29, 0.717) is 19.0 Å². The van der Waals surface area contributed by atoms with Crippen LogP contribution in [0.1, 0.15) is 38.3 Å². The zero-order valence-electron chi connectivity index (χ0n) is 11.8. The first-order valence-corrected chi connectivity index (χ1v) is 6.53. The Labute approximate surface area is 116 Å². The fourth-order valence-electron chi connectivity index (χ4n) is 1.73. The van der Waals surface area contributed by atoms with Gasteiger partial charge in [-0.25, -0.2) is 4.39 Å². The highest BCUT2D eigenvalue weighted by Gasteiger charge is 2.33. The highest BCUT2D eigenvalue weighted by atomic mass is 19.4. The minimum absolute atomic E-state index is 0.00121. The van der Waals surface area contributed by atoms with Crippen molar-refractivity contribution in [3.63, 3.8) is 0 Å². The van der Waals surface area contributed by atoms with Gasteiger partial charge >= 0.3 is 6.18 Å². The average molecular weight is 289 g/mol. The Kier molecular flexibility index (Phi) is 5.74. The molecule has 0 saturated heterocycles. The number of halogens is 4. The predicted octanol–water partition coefficient (Wildman–Crippen LogP) is 4.64. The quantitative estimate of drug-likeness (QED) is 0.779. The van der Waals surface area contributed by atoms with Crippen LogP contribution < -0.4 is 5.32 Å². The molecule has 0 radical (unpaired) electrons. The zero-order valence-corrected chi connectivity index (χ0v) is 11.8. The molecule has 0 unspecified atom stereocenters. The van der Waals surface area contributed by atoms with Crippen LogP contribution in [-0.2, 0) is 6.18 Å². The van der Waals surface area contributed by atoms with Crippen LogP contribution in [0.4, 0.5) is 17.6 Å². The SMILES string of the molecule is CC/C(=C/c1ccc(F)cc1C(F)(F)F)CNC(C)C. The van der Waals surface area contributed by atoms with Gasteiger partial charge in [0.25, 0.3) is 0 Å². The normalized spacial score (nSPS) is 13.1. The Balaban J connectivity index is 3.11. The lowest BCUT2D eigenvalue weighted by atomic mass is 10.0. The average Bonchev–Trinajstić information content (AvgIpc) is 2.34. The van der Waals surface area contributed by atoms with Crippen molar-refractivity contribution in [2.24, 2.45) is 0 Å². The van der Waals surface area contributed by atoms with Gasteiger partial charge in [0.1, 0.15) is 5.82 Å². The molecule has 0 spiro atoms. The van der Waals surface area contributed by atoms with E-state index in [1.165, 1.54) is 12.1 Å². The molecule has 1 aromatic rings. The Bertz CT molecular complexity index is 475. The summed E-state index contributed by atoms with van der Waals surface area (Å²) < 4.78 is 51.7. The molecule has 1 rings (SSSR count).